The van der Waals surface area contributed by atoms with E-state index in [1.165, 1.54) is 24.3 Å². The number of nitrogens with zero attached hydrogens (tertiary/aromatic N) is 3. The molecule has 0 bridgehead atoms. The average molecular weight is 538 g/mol. The Balaban J connectivity index is 1.36. The molecule has 1 aromatic heterocycles. The average Bonchev–Trinajstić information content (AvgIpc) is 3.41. The molecular formula is C28H28FN3O5S. The maximum absolute atomic E-state index is 13.1. The van der Waals surface area contributed by atoms with Gasteiger partial charge in [-0.1, -0.05) is 25.1 Å². The molecule has 0 spiro atoms. The number of hydrogen-bond acceptors (Lipinski definition) is 6. The van der Waals surface area contributed by atoms with Crippen molar-refractivity contribution in [2.75, 3.05) is 39.5 Å². The van der Waals surface area contributed by atoms with Crippen molar-refractivity contribution in [3.8, 4) is 5.75 Å². The molecular weight excluding hydrogens is 509 g/mol. The molecule has 198 valence electrons. The lowest BCUT2D eigenvalue weighted by atomic mass is 10.1. The van der Waals surface area contributed by atoms with Gasteiger partial charge in [0.05, 0.1) is 30.2 Å². The van der Waals surface area contributed by atoms with Crippen molar-refractivity contribution >= 4 is 45.8 Å². The van der Waals surface area contributed by atoms with Gasteiger partial charge in [0, 0.05) is 30.2 Å². The van der Waals surface area contributed by atoms with E-state index in [2.05, 4.69) is 6.92 Å². The van der Waals surface area contributed by atoms with Crippen LogP contribution in [0.3, 0.4) is 0 Å². The summed E-state index contributed by atoms with van der Waals surface area (Å²) in [5.41, 5.74) is 2.83. The number of carbonyl (C=O) groups excluding carboxylic acids is 3. The van der Waals surface area contributed by atoms with Crippen LogP contribution in [-0.2, 0) is 27.3 Å². The first-order valence-electron chi connectivity index (χ1n) is 12.5. The second-order valence-electron chi connectivity index (χ2n) is 9.01. The lowest BCUT2D eigenvalue weighted by Crippen LogP contribution is -2.42. The number of fused-ring (bicyclic) bond motifs is 1. The summed E-state index contributed by atoms with van der Waals surface area (Å²) in [5, 5.41) is 0.551. The minimum atomic E-state index is -0.389. The van der Waals surface area contributed by atoms with E-state index in [4.69, 9.17) is 9.47 Å². The first kappa shape index (κ1) is 26.0. The number of amides is 3. The lowest BCUT2D eigenvalue weighted by molar-refractivity contribution is -0.135. The van der Waals surface area contributed by atoms with Crippen LogP contribution >= 0.6 is 11.8 Å². The first-order chi connectivity index (χ1) is 18.4. The number of para-hydroxylation sites is 1. The van der Waals surface area contributed by atoms with Gasteiger partial charge in [0.2, 0.25) is 5.91 Å². The number of aryl methyl sites for hydroxylation is 1. The van der Waals surface area contributed by atoms with E-state index < -0.39 is 0 Å². The first-order valence-corrected chi connectivity index (χ1v) is 13.4. The number of carbonyl (C=O) groups is 3. The molecule has 2 fully saturated rings. The van der Waals surface area contributed by atoms with Crippen molar-refractivity contribution in [2.45, 2.75) is 19.9 Å². The number of ether oxygens (including phenoxy) is 2. The van der Waals surface area contributed by atoms with Crippen LogP contribution in [0.15, 0.2) is 53.6 Å². The number of hydrogen-bond donors (Lipinski definition) is 0. The Bertz CT molecular complexity index is 1400. The molecule has 2 aliphatic heterocycles. The number of aromatic nitrogens is 1. The van der Waals surface area contributed by atoms with Crippen molar-refractivity contribution in [1.82, 2.24) is 14.4 Å². The summed E-state index contributed by atoms with van der Waals surface area (Å²) in [4.78, 5) is 42.0. The molecule has 2 saturated heterocycles. The van der Waals surface area contributed by atoms with Gasteiger partial charge in [-0.25, -0.2) is 4.39 Å². The van der Waals surface area contributed by atoms with Gasteiger partial charge in [-0.15, -0.1) is 0 Å². The molecule has 3 heterocycles. The fourth-order valence-electron chi connectivity index (χ4n) is 4.67. The van der Waals surface area contributed by atoms with E-state index >= 15 is 0 Å². The Hall–Kier alpha value is -3.63. The van der Waals surface area contributed by atoms with Crippen LogP contribution in [0.1, 0.15) is 18.1 Å². The second kappa shape index (κ2) is 11.4. The largest absolute Gasteiger partial charge is 0.492 e. The second-order valence-corrected chi connectivity index (χ2v) is 10.0. The molecule has 0 atom stereocenters. The van der Waals surface area contributed by atoms with E-state index in [9.17, 15) is 18.8 Å². The summed E-state index contributed by atoms with van der Waals surface area (Å²) in [6.45, 7) is 4.64. The molecule has 0 radical (unpaired) electrons. The van der Waals surface area contributed by atoms with Crippen molar-refractivity contribution < 1.29 is 28.2 Å². The molecule has 38 heavy (non-hydrogen) atoms. The van der Waals surface area contributed by atoms with E-state index in [1.54, 1.807) is 6.08 Å². The Labute approximate surface area is 224 Å². The predicted molar refractivity (Wildman–Crippen MR) is 143 cm³/mol. The lowest BCUT2D eigenvalue weighted by Gasteiger charge is -2.27. The number of halogens is 1. The Morgan fingerprint density at radius 1 is 1.13 bits per heavy atom. The van der Waals surface area contributed by atoms with Gasteiger partial charge < -0.3 is 18.9 Å². The standard InChI is InChI=1S/C28H28FN3O5S/c1-2-19-4-3-5-23-20(17-31(26(19)23)18-25(33)30-10-13-36-14-11-30)16-24-27(34)32(28(35)38-24)12-15-37-22-8-6-21(29)7-9-22/h3-9,16-17H,2,10-15,18H2,1H3/b24-16-. The van der Waals surface area contributed by atoms with Crippen molar-refractivity contribution in [3.63, 3.8) is 0 Å². The van der Waals surface area contributed by atoms with E-state index in [0.29, 0.717) is 37.0 Å². The van der Waals surface area contributed by atoms with E-state index in [1.807, 2.05) is 33.9 Å². The minimum Gasteiger partial charge on any atom is -0.492 e. The van der Waals surface area contributed by atoms with Crippen molar-refractivity contribution in [2.24, 2.45) is 0 Å². The Morgan fingerprint density at radius 3 is 2.63 bits per heavy atom. The number of morpholine rings is 1. The maximum Gasteiger partial charge on any atom is 0.293 e. The minimum absolute atomic E-state index is 0.0177. The zero-order valence-corrected chi connectivity index (χ0v) is 21.8. The normalized spacial score (nSPS) is 17.2. The zero-order chi connectivity index (χ0) is 26.6. The third-order valence-corrected chi connectivity index (χ3v) is 7.53. The summed E-state index contributed by atoms with van der Waals surface area (Å²) in [6, 6.07) is 11.5. The molecule has 0 saturated carbocycles. The molecule has 0 unspecified atom stereocenters. The molecule has 0 N–H and O–H groups in total. The predicted octanol–water partition coefficient (Wildman–Crippen LogP) is 4.32. The van der Waals surface area contributed by atoms with Crippen LogP contribution in [0.5, 0.6) is 5.75 Å². The van der Waals surface area contributed by atoms with Gasteiger partial charge in [-0.3, -0.25) is 19.3 Å². The quantitative estimate of drug-likeness (QED) is 0.398. The van der Waals surface area contributed by atoms with Crippen molar-refractivity contribution in [3.05, 3.63) is 70.5 Å². The fourth-order valence-corrected chi connectivity index (χ4v) is 5.52. The third-order valence-electron chi connectivity index (χ3n) is 6.62. The number of benzene rings is 2. The van der Waals surface area contributed by atoms with E-state index in [0.717, 1.165) is 45.1 Å². The van der Waals surface area contributed by atoms with Crippen LogP contribution in [-0.4, -0.2) is 70.9 Å². The highest BCUT2D eigenvalue weighted by Gasteiger charge is 2.35. The highest BCUT2D eigenvalue weighted by atomic mass is 32.2. The van der Waals surface area contributed by atoms with Gasteiger partial charge in [-0.2, -0.15) is 0 Å². The van der Waals surface area contributed by atoms with Crippen molar-refractivity contribution in [1.29, 1.82) is 0 Å². The van der Waals surface area contributed by atoms with Crippen LogP contribution in [0.25, 0.3) is 17.0 Å². The van der Waals surface area contributed by atoms with Crippen LogP contribution in [0, 0.1) is 5.82 Å². The highest BCUT2D eigenvalue weighted by Crippen LogP contribution is 2.35. The number of thioether (sulfide) groups is 1. The summed E-state index contributed by atoms with van der Waals surface area (Å²) >= 11 is 0.884. The number of rotatable bonds is 8. The van der Waals surface area contributed by atoms with Crippen LogP contribution in [0.2, 0.25) is 0 Å². The third kappa shape index (κ3) is 5.46. The van der Waals surface area contributed by atoms with Gasteiger partial charge >= 0.3 is 0 Å². The maximum atomic E-state index is 13.1. The molecule has 5 rings (SSSR count). The van der Waals surface area contributed by atoms with Gasteiger partial charge in [0.1, 0.15) is 24.7 Å². The molecule has 10 heteroatoms. The molecule has 8 nitrogen and oxygen atoms in total. The number of imide groups is 1. The molecule has 3 aromatic rings. The molecule has 0 aliphatic carbocycles. The molecule has 2 aliphatic rings. The van der Waals surface area contributed by atoms with Crippen LogP contribution in [0.4, 0.5) is 9.18 Å². The van der Waals surface area contributed by atoms with E-state index in [-0.39, 0.29) is 42.6 Å². The molecule has 2 aromatic carbocycles. The SMILES string of the molecule is CCc1cccc2c(/C=C3\SC(=O)N(CCOc4ccc(F)cc4)C3=O)cn(CC(=O)N3CCOCC3)c12. The monoisotopic (exact) mass is 537 g/mol. The van der Waals surface area contributed by atoms with Crippen LogP contribution < -0.4 is 4.74 Å². The smallest absolute Gasteiger partial charge is 0.293 e. The summed E-state index contributed by atoms with van der Waals surface area (Å²) in [5.74, 6) is -0.282. The highest BCUT2D eigenvalue weighted by molar-refractivity contribution is 8.18. The topological polar surface area (TPSA) is 81.1 Å². The zero-order valence-electron chi connectivity index (χ0n) is 21.0. The fraction of sp³-hybridized carbons (Fsp3) is 0.321. The van der Waals surface area contributed by atoms with Gasteiger partial charge in [-0.05, 0) is 54.1 Å². The summed E-state index contributed by atoms with van der Waals surface area (Å²) in [7, 11) is 0. The Morgan fingerprint density at radius 2 is 1.89 bits per heavy atom. The Kier molecular flexibility index (Phi) is 7.80. The summed E-state index contributed by atoms with van der Waals surface area (Å²) in [6.07, 6.45) is 4.40. The van der Waals surface area contributed by atoms with Gasteiger partial charge in [0.25, 0.3) is 11.1 Å². The van der Waals surface area contributed by atoms with Gasteiger partial charge in [0.15, 0.2) is 0 Å². The molecule has 3 amide bonds. The summed E-state index contributed by atoms with van der Waals surface area (Å²) < 4.78 is 26.0.